The summed E-state index contributed by atoms with van der Waals surface area (Å²) in [4.78, 5) is 16.9. The summed E-state index contributed by atoms with van der Waals surface area (Å²) >= 11 is 0. The highest BCUT2D eigenvalue weighted by Gasteiger charge is 2.23. The van der Waals surface area contributed by atoms with Crippen LogP contribution in [-0.4, -0.2) is 63.4 Å². The van der Waals surface area contributed by atoms with E-state index in [2.05, 4.69) is 30.0 Å². The average Bonchev–Trinajstić information content (AvgIpc) is 2.60. The molecule has 1 fully saturated rings. The van der Waals surface area contributed by atoms with Crippen LogP contribution in [-0.2, 0) is 10.0 Å². The van der Waals surface area contributed by atoms with E-state index in [-0.39, 0.29) is 17.3 Å². The van der Waals surface area contributed by atoms with E-state index in [1.54, 1.807) is 12.1 Å². The zero-order valence-corrected chi connectivity index (χ0v) is 15.8. The Kier molecular flexibility index (Phi) is 6.75. The van der Waals surface area contributed by atoms with Crippen molar-refractivity contribution in [2.75, 3.05) is 39.3 Å². The molecule has 0 aliphatic carbocycles. The molecule has 25 heavy (non-hydrogen) atoms. The Bertz CT molecular complexity index is 691. The van der Waals surface area contributed by atoms with Crippen LogP contribution >= 0.6 is 0 Å². The third kappa shape index (κ3) is 5.39. The number of benzene rings is 1. The molecule has 1 aliphatic heterocycles. The van der Waals surface area contributed by atoms with E-state index in [9.17, 15) is 13.2 Å². The molecule has 1 aliphatic rings. The smallest absolute Gasteiger partial charge is 0.253 e. The number of nitrogens with zero attached hydrogens (tertiary/aromatic N) is 2. The van der Waals surface area contributed by atoms with Crippen LogP contribution in [0.25, 0.3) is 0 Å². The van der Waals surface area contributed by atoms with Crippen molar-refractivity contribution in [3.8, 4) is 0 Å². The second-order valence-electron chi connectivity index (χ2n) is 6.65. The van der Waals surface area contributed by atoms with E-state index in [4.69, 9.17) is 0 Å². The van der Waals surface area contributed by atoms with Crippen molar-refractivity contribution in [2.45, 2.75) is 18.7 Å². The number of hydrogen-bond acceptors (Lipinski definition) is 4. The summed E-state index contributed by atoms with van der Waals surface area (Å²) in [5.74, 6) is 0.568. The maximum Gasteiger partial charge on any atom is 0.253 e. The van der Waals surface area contributed by atoms with Gasteiger partial charge in [-0.1, -0.05) is 19.9 Å². The maximum atomic E-state index is 12.6. The number of amides is 1. The van der Waals surface area contributed by atoms with Crippen LogP contribution in [0.5, 0.6) is 0 Å². The second-order valence-corrected chi connectivity index (χ2v) is 8.42. The molecule has 0 bridgehead atoms. The van der Waals surface area contributed by atoms with E-state index in [1.165, 1.54) is 18.2 Å². The lowest BCUT2D eigenvalue weighted by atomic mass is 10.1. The second kappa shape index (κ2) is 8.60. The molecule has 0 aromatic heterocycles. The highest BCUT2D eigenvalue weighted by molar-refractivity contribution is 7.89. The van der Waals surface area contributed by atoms with Crippen LogP contribution in [0.4, 0.5) is 0 Å². The van der Waals surface area contributed by atoms with Crippen molar-refractivity contribution >= 4 is 15.9 Å². The number of hydrogen-bond donors (Lipinski definition) is 1. The summed E-state index contributed by atoms with van der Waals surface area (Å²) in [5, 5.41) is 0. The number of nitrogens with one attached hydrogen (secondary N) is 1. The quantitative estimate of drug-likeness (QED) is 0.745. The van der Waals surface area contributed by atoms with Gasteiger partial charge in [0.15, 0.2) is 0 Å². The Morgan fingerprint density at radius 1 is 1.20 bits per heavy atom. The molecule has 0 atom stereocenters. The highest BCUT2D eigenvalue weighted by Crippen LogP contribution is 2.14. The molecular weight excluding hydrogens is 338 g/mol. The minimum Gasteiger partial charge on any atom is -0.336 e. The van der Waals surface area contributed by atoms with Gasteiger partial charge >= 0.3 is 0 Å². The van der Waals surface area contributed by atoms with Crippen molar-refractivity contribution in [3.05, 3.63) is 42.5 Å². The zero-order valence-electron chi connectivity index (χ0n) is 14.9. The first-order valence-electron chi connectivity index (χ1n) is 8.55. The first-order chi connectivity index (χ1) is 11.8. The van der Waals surface area contributed by atoms with Gasteiger partial charge in [-0.2, -0.15) is 0 Å². The van der Waals surface area contributed by atoms with E-state index in [1.807, 2.05) is 4.90 Å². The minimum absolute atomic E-state index is 0.0489. The molecule has 7 heteroatoms. The Labute approximate surface area is 150 Å². The maximum absolute atomic E-state index is 12.6. The minimum atomic E-state index is -3.56. The van der Waals surface area contributed by atoms with Gasteiger partial charge in [0.1, 0.15) is 0 Å². The van der Waals surface area contributed by atoms with Gasteiger partial charge in [0.2, 0.25) is 10.0 Å². The third-order valence-corrected chi connectivity index (χ3v) is 5.55. The molecule has 1 aromatic rings. The monoisotopic (exact) mass is 365 g/mol. The van der Waals surface area contributed by atoms with Gasteiger partial charge in [-0.15, -0.1) is 6.58 Å². The van der Waals surface area contributed by atoms with Gasteiger partial charge in [0.05, 0.1) is 4.90 Å². The molecule has 1 heterocycles. The normalized spacial score (nSPS) is 16.2. The van der Waals surface area contributed by atoms with Gasteiger partial charge in [-0.3, -0.25) is 9.69 Å². The predicted molar refractivity (Wildman–Crippen MR) is 99.0 cm³/mol. The van der Waals surface area contributed by atoms with Crippen molar-refractivity contribution in [3.63, 3.8) is 0 Å². The lowest BCUT2D eigenvalue weighted by molar-refractivity contribution is 0.0623. The van der Waals surface area contributed by atoms with E-state index >= 15 is 0 Å². The SMILES string of the molecule is C=CCNS(=O)(=O)c1ccc(C(=O)N2CCN(CC(C)C)CC2)cc1. The van der Waals surface area contributed by atoms with Crippen molar-refractivity contribution in [1.82, 2.24) is 14.5 Å². The number of rotatable bonds is 7. The topological polar surface area (TPSA) is 69.7 Å². The molecular formula is C18H27N3O3S. The van der Waals surface area contributed by atoms with E-state index in [0.29, 0.717) is 24.6 Å². The Morgan fingerprint density at radius 2 is 1.80 bits per heavy atom. The summed E-state index contributed by atoms with van der Waals surface area (Å²) in [6.45, 7) is 12.2. The molecule has 0 radical (unpaired) electrons. The Hall–Kier alpha value is -1.70. The first kappa shape index (κ1) is 19.6. The summed E-state index contributed by atoms with van der Waals surface area (Å²) in [5.41, 5.74) is 0.514. The summed E-state index contributed by atoms with van der Waals surface area (Å²) in [6.07, 6.45) is 1.48. The molecule has 1 saturated heterocycles. The van der Waals surface area contributed by atoms with Gasteiger partial charge in [-0.05, 0) is 30.2 Å². The van der Waals surface area contributed by atoms with Gasteiger partial charge in [0.25, 0.3) is 5.91 Å². The molecule has 0 unspecified atom stereocenters. The molecule has 1 amide bonds. The molecule has 0 saturated carbocycles. The summed E-state index contributed by atoms with van der Waals surface area (Å²) in [7, 11) is -3.56. The van der Waals surface area contributed by atoms with Crippen LogP contribution in [0, 0.1) is 5.92 Å². The van der Waals surface area contributed by atoms with Crippen LogP contribution in [0.2, 0.25) is 0 Å². The van der Waals surface area contributed by atoms with E-state index < -0.39 is 10.0 Å². The molecule has 1 aromatic carbocycles. The molecule has 0 spiro atoms. The first-order valence-corrected chi connectivity index (χ1v) is 10.0. The number of carbonyl (C=O) groups is 1. The molecule has 138 valence electrons. The lowest BCUT2D eigenvalue weighted by Gasteiger charge is -2.35. The highest BCUT2D eigenvalue weighted by atomic mass is 32.2. The van der Waals surface area contributed by atoms with Crippen molar-refractivity contribution < 1.29 is 13.2 Å². The predicted octanol–water partition coefficient (Wildman–Crippen LogP) is 1.56. The molecule has 1 N–H and O–H groups in total. The molecule has 6 nitrogen and oxygen atoms in total. The molecule has 2 rings (SSSR count). The lowest BCUT2D eigenvalue weighted by Crippen LogP contribution is -2.49. The van der Waals surface area contributed by atoms with Gasteiger partial charge < -0.3 is 4.90 Å². The fourth-order valence-corrected chi connectivity index (χ4v) is 3.86. The van der Waals surface area contributed by atoms with Crippen LogP contribution < -0.4 is 4.72 Å². The van der Waals surface area contributed by atoms with Gasteiger partial charge in [-0.25, -0.2) is 13.1 Å². The van der Waals surface area contributed by atoms with Gasteiger partial charge in [0, 0.05) is 44.8 Å². The Balaban J connectivity index is 1.98. The van der Waals surface area contributed by atoms with Crippen LogP contribution in [0.3, 0.4) is 0 Å². The van der Waals surface area contributed by atoms with Crippen LogP contribution in [0.15, 0.2) is 41.8 Å². The zero-order chi connectivity index (χ0) is 18.4. The fourth-order valence-electron chi connectivity index (χ4n) is 2.86. The standard InChI is InChI=1S/C18H27N3O3S/c1-4-9-19-25(23,24)17-7-5-16(6-8-17)18(22)21-12-10-20(11-13-21)14-15(2)3/h4-8,15,19H,1,9-14H2,2-3H3. The van der Waals surface area contributed by atoms with Crippen molar-refractivity contribution in [2.24, 2.45) is 5.92 Å². The summed E-state index contributed by atoms with van der Waals surface area (Å²) in [6, 6.07) is 6.08. The largest absolute Gasteiger partial charge is 0.336 e. The average molecular weight is 365 g/mol. The van der Waals surface area contributed by atoms with Crippen molar-refractivity contribution in [1.29, 1.82) is 0 Å². The van der Waals surface area contributed by atoms with Crippen LogP contribution in [0.1, 0.15) is 24.2 Å². The number of sulfonamides is 1. The number of carbonyl (C=O) groups excluding carboxylic acids is 1. The third-order valence-electron chi connectivity index (χ3n) is 4.11. The summed E-state index contributed by atoms with van der Waals surface area (Å²) < 4.78 is 26.5. The number of piperazine rings is 1. The fraction of sp³-hybridized carbons (Fsp3) is 0.500. The Morgan fingerprint density at radius 3 is 2.32 bits per heavy atom. The van der Waals surface area contributed by atoms with E-state index in [0.717, 1.165) is 19.6 Å².